The van der Waals surface area contributed by atoms with Crippen molar-refractivity contribution < 1.29 is 9.53 Å². The molecular formula is C24H22N4O2. The van der Waals surface area contributed by atoms with Crippen LogP contribution in [0.2, 0.25) is 0 Å². The van der Waals surface area contributed by atoms with Crippen molar-refractivity contribution in [1.29, 1.82) is 5.26 Å². The SMILES string of the molecule is Cc1c(C#N)ccnc1O[C@@H]1CCCN(C(=O)c2ccncc2-c2ccccc2)C1. The number of pyridine rings is 2. The minimum absolute atomic E-state index is 0.0278. The van der Waals surface area contributed by atoms with Gasteiger partial charge in [-0.1, -0.05) is 30.3 Å². The van der Waals surface area contributed by atoms with Crippen molar-refractivity contribution in [2.24, 2.45) is 0 Å². The van der Waals surface area contributed by atoms with Gasteiger partial charge < -0.3 is 9.64 Å². The molecular weight excluding hydrogens is 376 g/mol. The summed E-state index contributed by atoms with van der Waals surface area (Å²) in [4.78, 5) is 23.7. The molecule has 4 rings (SSSR count). The lowest BCUT2D eigenvalue weighted by molar-refractivity contribution is 0.0526. The van der Waals surface area contributed by atoms with Crippen LogP contribution in [-0.4, -0.2) is 40.0 Å². The van der Waals surface area contributed by atoms with Crippen molar-refractivity contribution in [3.8, 4) is 23.1 Å². The van der Waals surface area contributed by atoms with Crippen LogP contribution in [0, 0.1) is 18.3 Å². The van der Waals surface area contributed by atoms with Gasteiger partial charge in [0, 0.05) is 36.3 Å². The molecule has 1 saturated heterocycles. The van der Waals surface area contributed by atoms with Gasteiger partial charge in [0.1, 0.15) is 6.10 Å². The first kappa shape index (κ1) is 19.6. The molecule has 1 aromatic carbocycles. The fourth-order valence-electron chi connectivity index (χ4n) is 3.73. The zero-order chi connectivity index (χ0) is 20.9. The second-order valence-electron chi connectivity index (χ2n) is 7.32. The maximum absolute atomic E-state index is 13.3. The summed E-state index contributed by atoms with van der Waals surface area (Å²) >= 11 is 0. The van der Waals surface area contributed by atoms with Gasteiger partial charge in [-0.3, -0.25) is 9.78 Å². The molecule has 1 amide bonds. The highest BCUT2D eigenvalue weighted by Gasteiger charge is 2.28. The lowest BCUT2D eigenvalue weighted by Crippen LogP contribution is -2.44. The molecule has 0 spiro atoms. The molecule has 1 aliphatic rings. The molecule has 0 bridgehead atoms. The third-order valence-corrected chi connectivity index (χ3v) is 5.36. The summed E-state index contributed by atoms with van der Waals surface area (Å²) in [6.07, 6.45) is 6.49. The molecule has 3 aromatic rings. The second kappa shape index (κ2) is 8.75. The standard InChI is InChI=1S/C24H22N4O2/c1-17-19(14-25)9-12-27-23(17)30-20-8-5-13-28(16-20)24(29)21-10-11-26-15-22(21)18-6-3-2-4-7-18/h2-4,6-7,9-12,15,20H,5,8,13,16H2,1H3/t20-/m1/s1. The summed E-state index contributed by atoms with van der Waals surface area (Å²) in [5.41, 5.74) is 3.70. The Morgan fingerprint density at radius 2 is 2.03 bits per heavy atom. The molecule has 150 valence electrons. The van der Waals surface area contributed by atoms with Crippen LogP contribution in [0.4, 0.5) is 0 Å². The monoisotopic (exact) mass is 398 g/mol. The Balaban J connectivity index is 1.54. The zero-order valence-electron chi connectivity index (χ0n) is 16.8. The normalized spacial score (nSPS) is 16.0. The number of nitrogens with zero attached hydrogens (tertiary/aromatic N) is 4. The van der Waals surface area contributed by atoms with Crippen LogP contribution in [-0.2, 0) is 0 Å². The number of hydrogen-bond acceptors (Lipinski definition) is 5. The number of piperidine rings is 1. The van der Waals surface area contributed by atoms with Crippen molar-refractivity contribution in [1.82, 2.24) is 14.9 Å². The van der Waals surface area contributed by atoms with E-state index in [4.69, 9.17) is 4.74 Å². The van der Waals surface area contributed by atoms with E-state index in [1.165, 1.54) is 0 Å². The maximum Gasteiger partial charge on any atom is 0.254 e. The minimum atomic E-state index is -0.162. The zero-order valence-corrected chi connectivity index (χ0v) is 16.8. The van der Waals surface area contributed by atoms with Crippen LogP contribution in [0.1, 0.15) is 34.3 Å². The number of likely N-dealkylation sites (tertiary alicyclic amines) is 1. The number of amides is 1. The predicted octanol–water partition coefficient (Wildman–Crippen LogP) is 4.01. The van der Waals surface area contributed by atoms with E-state index in [0.29, 0.717) is 30.1 Å². The van der Waals surface area contributed by atoms with Gasteiger partial charge in [-0.15, -0.1) is 0 Å². The van der Waals surface area contributed by atoms with Gasteiger partial charge in [-0.2, -0.15) is 5.26 Å². The Bertz CT molecular complexity index is 1090. The molecule has 1 aliphatic heterocycles. The molecule has 0 unspecified atom stereocenters. The smallest absolute Gasteiger partial charge is 0.254 e. The summed E-state index contributed by atoms with van der Waals surface area (Å²) < 4.78 is 6.09. The molecule has 1 fully saturated rings. The fourth-order valence-corrected chi connectivity index (χ4v) is 3.73. The van der Waals surface area contributed by atoms with E-state index in [1.807, 2.05) is 42.2 Å². The van der Waals surface area contributed by atoms with Gasteiger partial charge in [-0.05, 0) is 37.5 Å². The maximum atomic E-state index is 13.3. The van der Waals surface area contributed by atoms with E-state index < -0.39 is 0 Å². The van der Waals surface area contributed by atoms with Gasteiger partial charge in [0.25, 0.3) is 5.91 Å². The molecule has 0 saturated carbocycles. The average Bonchev–Trinajstić information content (AvgIpc) is 2.81. The lowest BCUT2D eigenvalue weighted by atomic mass is 10.00. The number of rotatable bonds is 4. The summed E-state index contributed by atoms with van der Waals surface area (Å²) in [7, 11) is 0. The van der Waals surface area contributed by atoms with Gasteiger partial charge >= 0.3 is 0 Å². The van der Waals surface area contributed by atoms with Gasteiger partial charge in [-0.25, -0.2) is 4.98 Å². The summed E-state index contributed by atoms with van der Waals surface area (Å²) in [5.74, 6) is 0.433. The van der Waals surface area contributed by atoms with Crippen LogP contribution >= 0.6 is 0 Å². The van der Waals surface area contributed by atoms with Crippen molar-refractivity contribution in [3.05, 3.63) is 77.7 Å². The number of carbonyl (C=O) groups is 1. The summed E-state index contributed by atoms with van der Waals surface area (Å²) in [6.45, 7) is 2.99. The molecule has 30 heavy (non-hydrogen) atoms. The Morgan fingerprint density at radius 1 is 1.20 bits per heavy atom. The first-order chi connectivity index (χ1) is 14.7. The Hall–Kier alpha value is -3.72. The van der Waals surface area contributed by atoms with E-state index >= 15 is 0 Å². The number of hydrogen-bond donors (Lipinski definition) is 0. The third-order valence-electron chi connectivity index (χ3n) is 5.36. The van der Waals surface area contributed by atoms with Gasteiger partial charge in [0.2, 0.25) is 5.88 Å². The fraction of sp³-hybridized carbons (Fsp3) is 0.250. The van der Waals surface area contributed by atoms with E-state index in [0.717, 1.165) is 29.5 Å². The van der Waals surface area contributed by atoms with Crippen LogP contribution in [0.5, 0.6) is 5.88 Å². The molecule has 1 atom stereocenters. The molecule has 0 N–H and O–H groups in total. The molecule has 2 aromatic heterocycles. The average molecular weight is 398 g/mol. The third kappa shape index (κ3) is 4.01. The highest BCUT2D eigenvalue weighted by molar-refractivity contribution is 6.00. The first-order valence-corrected chi connectivity index (χ1v) is 9.98. The van der Waals surface area contributed by atoms with E-state index in [2.05, 4.69) is 16.0 Å². The summed E-state index contributed by atoms with van der Waals surface area (Å²) in [6, 6.07) is 15.4. The minimum Gasteiger partial charge on any atom is -0.472 e. The van der Waals surface area contributed by atoms with Gasteiger partial charge in [0.15, 0.2) is 0 Å². The summed E-state index contributed by atoms with van der Waals surface area (Å²) in [5, 5.41) is 9.22. The first-order valence-electron chi connectivity index (χ1n) is 9.98. The van der Waals surface area contributed by atoms with Crippen molar-refractivity contribution in [3.63, 3.8) is 0 Å². The highest BCUT2D eigenvalue weighted by atomic mass is 16.5. The van der Waals surface area contributed by atoms with Crippen molar-refractivity contribution >= 4 is 5.91 Å². The molecule has 3 heterocycles. The number of ether oxygens (including phenoxy) is 1. The van der Waals surface area contributed by atoms with Gasteiger partial charge in [0.05, 0.1) is 23.7 Å². The molecule has 0 aliphatic carbocycles. The number of benzene rings is 1. The largest absolute Gasteiger partial charge is 0.472 e. The van der Waals surface area contributed by atoms with E-state index in [9.17, 15) is 10.1 Å². The van der Waals surface area contributed by atoms with Crippen molar-refractivity contribution in [2.45, 2.75) is 25.9 Å². The molecule has 0 radical (unpaired) electrons. The number of nitriles is 1. The van der Waals surface area contributed by atoms with E-state index in [-0.39, 0.29) is 12.0 Å². The Labute approximate surface area is 175 Å². The Kier molecular flexibility index (Phi) is 5.71. The quantitative estimate of drug-likeness (QED) is 0.663. The van der Waals surface area contributed by atoms with Crippen LogP contribution in [0.3, 0.4) is 0 Å². The molecule has 6 heteroatoms. The highest BCUT2D eigenvalue weighted by Crippen LogP contribution is 2.26. The van der Waals surface area contributed by atoms with E-state index in [1.54, 1.807) is 30.7 Å². The number of carbonyl (C=O) groups excluding carboxylic acids is 1. The Morgan fingerprint density at radius 3 is 2.83 bits per heavy atom. The molecule has 6 nitrogen and oxygen atoms in total. The predicted molar refractivity (Wildman–Crippen MR) is 113 cm³/mol. The number of aromatic nitrogens is 2. The van der Waals surface area contributed by atoms with Crippen molar-refractivity contribution in [2.75, 3.05) is 13.1 Å². The van der Waals surface area contributed by atoms with Crippen LogP contribution < -0.4 is 4.74 Å². The van der Waals surface area contributed by atoms with Crippen LogP contribution in [0.15, 0.2) is 61.1 Å². The van der Waals surface area contributed by atoms with Crippen LogP contribution in [0.25, 0.3) is 11.1 Å². The lowest BCUT2D eigenvalue weighted by Gasteiger charge is -2.33. The topological polar surface area (TPSA) is 79.1 Å². The second-order valence-corrected chi connectivity index (χ2v) is 7.32.